The molecule has 0 amide bonds. The molecule has 0 bridgehead atoms. The predicted octanol–water partition coefficient (Wildman–Crippen LogP) is 1.73. The zero-order valence-corrected chi connectivity index (χ0v) is 13.4. The van der Waals surface area contributed by atoms with Gasteiger partial charge in [0.2, 0.25) is 0 Å². The second-order valence-electron chi connectivity index (χ2n) is 5.61. The van der Waals surface area contributed by atoms with E-state index < -0.39 is 9.84 Å². The van der Waals surface area contributed by atoms with Gasteiger partial charge < -0.3 is 4.74 Å². The van der Waals surface area contributed by atoms with E-state index in [1.807, 2.05) is 25.1 Å². The van der Waals surface area contributed by atoms with Crippen molar-refractivity contribution >= 4 is 20.7 Å². The number of pyridine rings is 1. The summed E-state index contributed by atoms with van der Waals surface area (Å²) in [5.41, 5.74) is 0.555. The zero-order chi connectivity index (χ0) is 15.6. The SMILES string of the molecule is C[C@@H](CS(=O)(=O)c1cccc2cccnc12)N1CCOCC1. The van der Waals surface area contributed by atoms with Crippen LogP contribution < -0.4 is 0 Å². The van der Waals surface area contributed by atoms with Gasteiger partial charge in [-0.05, 0) is 19.1 Å². The van der Waals surface area contributed by atoms with Crippen molar-refractivity contribution in [1.29, 1.82) is 0 Å². The van der Waals surface area contributed by atoms with Crippen LogP contribution in [-0.4, -0.2) is 56.4 Å². The van der Waals surface area contributed by atoms with Gasteiger partial charge in [-0.1, -0.05) is 18.2 Å². The topological polar surface area (TPSA) is 59.5 Å². The number of hydrogen-bond donors (Lipinski definition) is 0. The number of benzene rings is 1. The molecular formula is C16H20N2O3S. The Balaban J connectivity index is 1.88. The molecule has 1 atom stereocenters. The van der Waals surface area contributed by atoms with Crippen LogP contribution in [0, 0.1) is 0 Å². The molecule has 22 heavy (non-hydrogen) atoms. The van der Waals surface area contributed by atoms with Gasteiger partial charge in [0.05, 0.1) is 29.4 Å². The lowest BCUT2D eigenvalue weighted by Gasteiger charge is -2.32. The van der Waals surface area contributed by atoms with Crippen molar-refractivity contribution in [1.82, 2.24) is 9.88 Å². The van der Waals surface area contributed by atoms with E-state index in [1.54, 1.807) is 18.3 Å². The molecule has 0 spiro atoms. The highest BCUT2D eigenvalue weighted by Crippen LogP contribution is 2.23. The molecule has 0 saturated carbocycles. The average molecular weight is 320 g/mol. The van der Waals surface area contributed by atoms with Gasteiger partial charge in [-0.3, -0.25) is 9.88 Å². The van der Waals surface area contributed by atoms with Gasteiger partial charge in [-0.15, -0.1) is 0 Å². The fraction of sp³-hybridized carbons (Fsp3) is 0.438. The molecule has 1 aliphatic heterocycles. The standard InChI is InChI=1S/C16H20N2O3S/c1-13(18-8-10-21-11-9-18)12-22(19,20)15-6-2-4-14-5-3-7-17-16(14)15/h2-7,13H,8-12H2,1H3/t13-/m0/s1. The van der Waals surface area contributed by atoms with Gasteiger partial charge in [0.1, 0.15) is 0 Å². The molecule has 0 aliphatic carbocycles. The van der Waals surface area contributed by atoms with Crippen molar-refractivity contribution in [3.63, 3.8) is 0 Å². The molecule has 118 valence electrons. The smallest absolute Gasteiger partial charge is 0.182 e. The first-order valence-corrected chi connectivity index (χ1v) is 9.11. The van der Waals surface area contributed by atoms with Crippen LogP contribution in [0.15, 0.2) is 41.4 Å². The molecule has 1 fully saturated rings. The van der Waals surface area contributed by atoms with Crippen LogP contribution in [-0.2, 0) is 14.6 Å². The molecule has 1 saturated heterocycles. The summed E-state index contributed by atoms with van der Waals surface area (Å²) in [6, 6.07) is 8.97. The van der Waals surface area contributed by atoms with Crippen molar-refractivity contribution in [2.24, 2.45) is 0 Å². The van der Waals surface area contributed by atoms with Crippen LogP contribution >= 0.6 is 0 Å². The Morgan fingerprint density at radius 1 is 1.23 bits per heavy atom. The van der Waals surface area contributed by atoms with Crippen LogP contribution in [0.1, 0.15) is 6.92 Å². The van der Waals surface area contributed by atoms with Crippen LogP contribution in [0.3, 0.4) is 0 Å². The fourth-order valence-corrected chi connectivity index (χ4v) is 4.63. The third-order valence-electron chi connectivity index (χ3n) is 4.06. The zero-order valence-electron chi connectivity index (χ0n) is 12.6. The highest BCUT2D eigenvalue weighted by Gasteiger charge is 2.25. The fourth-order valence-electron chi connectivity index (χ4n) is 2.86. The van der Waals surface area contributed by atoms with E-state index in [4.69, 9.17) is 4.74 Å². The van der Waals surface area contributed by atoms with Gasteiger partial charge in [0, 0.05) is 30.7 Å². The van der Waals surface area contributed by atoms with Crippen molar-refractivity contribution in [2.75, 3.05) is 32.1 Å². The summed E-state index contributed by atoms with van der Waals surface area (Å²) in [4.78, 5) is 6.75. The number of ether oxygens (including phenoxy) is 1. The maximum atomic E-state index is 12.8. The van der Waals surface area contributed by atoms with Crippen molar-refractivity contribution < 1.29 is 13.2 Å². The number of nitrogens with zero attached hydrogens (tertiary/aromatic N) is 2. The highest BCUT2D eigenvalue weighted by molar-refractivity contribution is 7.91. The molecule has 1 aromatic carbocycles. The highest BCUT2D eigenvalue weighted by atomic mass is 32.2. The monoisotopic (exact) mass is 320 g/mol. The first-order chi connectivity index (χ1) is 10.6. The largest absolute Gasteiger partial charge is 0.379 e. The van der Waals surface area contributed by atoms with Gasteiger partial charge in [-0.25, -0.2) is 8.42 Å². The Morgan fingerprint density at radius 2 is 1.95 bits per heavy atom. The lowest BCUT2D eigenvalue weighted by Crippen LogP contribution is -2.45. The van der Waals surface area contributed by atoms with Crippen LogP contribution in [0.25, 0.3) is 10.9 Å². The van der Waals surface area contributed by atoms with E-state index in [0.29, 0.717) is 23.6 Å². The molecule has 0 unspecified atom stereocenters. The molecule has 0 radical (unpaired) electrons. The van der Waals surface area contributed by atoms with Gasteiger partial charge >= 0.3 is 0 Å². The van der Waals surface area contributed by atoms with Crippen molar-refractivity contribution in [3.05, 3.63) is 36.5 Å². The van der Waals surface area contributed by atoms with Crippen molar-refractivity contribution in [3.8, 4) is 0 Å². The average Bonchev–Trinajstić information content (AvgIpc) is 2.54. The minimum Gasteiger partial charge on any atom is -0.379 e. The summed E-state index contributed by atoms with van der Waals surface area (Å²) >= 11 is 0. The normalized spacial score (nSPS) is 18.4. The summed E-state index contributed by atoms with van der Waals surface area (Å²) in [6.45, 7) is 4.86. The maximum Gasteiger partial charge on any atom is 0.182 e. The minimum absolute atomic E-state index is 0.0344. The van der Waals surface area contributed by atoms with Gasteiger partial charge in [-0.2, -0.15) is 0 Å². The Labute approximate surface area is 130 Å². The van der Waals surface area contributed by atoms with Gasteiger partial charge in [0.25, 0.3) is 0 Å². The lowest BCUT2D eigenvalue weighted by atomic mass is 10.2. The first kappa shape index (κ1) is 15.4. The summed E-state index contributed by atoms with van der Waals surface area (Å²) in [5.74, 6) is 0.0999. The number of para-hydroxylation sites is 1. The third-order valence-corrected chi connectivity index (χ3v) is 5.98. The Kier molecular flexibility index (Phi) is 4.42. The Hall–Kier alpha value is -1.50. The molecule has 2 heterocycles. The maximum absolute atomic E-state index is 12.8. The van der Waals surface area contributed by atoms with E-state index in [1.165, 1.54) is 0 Å². The summed E-state index contributed by atoms with van der Waals surface area (Å²) in [6.07, 6.45) is 1.63. The number of hydrogen-bond acceptors (Lipinski definition) is 5. The third kappa shape index (κ3) is 3.14. The second kappa shape index (κ2) is 6.32. The van der Waals surface area contributed by atoms with Crippen molar-refractivity contribution in [2.45, 2.75) is 17.9 Å². The van der Waals surface area contributed by atoms with E-state index in [-0.39, 0.29) is 11.8 Å². The molecule has 1 aromatic heterocycles. The number of aromatic nitrogens is 1. The van der Waals surface area contributed by atoms with Crippen LogP contribution in [0.4, 0.5) is 0 Å². The molecule has 1 aliphatic rings. The number of morpholine rings is 1. The number of sulfone groups is 1. The first-order valence-electron chi connectivity index (χ1n) is 7.46. The molecule has 2 aromatic rings. The Bertz CT molecular complexity index is 750. The number of fused-ring (bicyclic) bond motifs is 1. The van der Waals surface area contributed by atoms with Gasteiger partial charge in [0.15, 0.2) is 9.84 Å². The molecule has 3 rings (SSSR count). The van der Waals surface area contributed by atoms with E-state index >= 15 is 0 Å². The summed E-state index contributed by atoms with van der Waals surface area (Å²) < 4.78 is 30.9. The van der Waals surface area contributed by atoms with E-state index in [0.717, 1.165) is 18.5 Å². The number of rotatable bonds is 4. The predicted molar refractivity (Wildman–Crippen MR) is 85.6 cm³/mol. The van der Waals surface area contributed by atoms with E-state index in [2.05, 4.69) is 9.88 Å². The minimum atomic E-state index is -3.38. The summed E-state index contributed by atoms with van der Waals surface area (Å²) in [7, 11) is -3.38. The molecule has 5 nitrogen and oxygen atoms in total. The van der Waals surface area contributed by atoms with E-state index in [9.17, 15) is 8.42 Å². The Morgan fingerprint density at radius 3 is 2.73 bits per heavy atom. The second-order valence-corrected chi connectivity index (χ2v) is 7.61. The molecular weight excluding hydrogens is 300 g/mol. The quantitative estimate of drug-likeness (QED) is 0.858. The summed E-state index contributed by atoms with van der Waals surface area (Å²) in [5, 5.41) is 0.850. The van der Waals surface area contributed by atoms with Crippen LogP contribution in [0.5, 0.6) is 0 Å². The lowest BCUT2D eigenvalue weighted by molar-refractivity contribution is 0.0243. The molecule has 6 heteroatoms. The van der Waals surface area contributed by atoms with Crippen LogP contribution in [0.2, 0.25) is 0 Å². The molecule has 0 N–H and O–H groups in total.